The van der Waals surface area contributed by atoms with Gasteiger partial charge in [0.1, 0.15) is 5.75 Å². The van der Waals surface area contributed by atoms with Crippen LogP contribution in [0.15, 0.2) is 66.4 Å². The molecule has 0 bridgehead atoms. The van der Waals surface area contributed by atoms with Crippen molar-refractivity contribution in [2.24, 2.45) is 0 Å². The summed E-state index contributed by atoms with van der Waals surface area (Å²) in [7, 11) is -4.05. The van der Waals surface area contributed by atoms with Gasteiger partial charge in [0, 0.05) is 17.8 Å². The minimum Gasteiger partial charge on any atom is -0.466 e. The largest absolute Gasteiger partial charge is 0.466 e. The molecule has 0 saturated heterocycles. The summed E-state index contributed by atoms with van der Waals surface area (Å²) >= 11 is 0. The molecule has 33 heavy (non-hydrogen) atoms. The highest BCUT2D eigenvalue weighted by molar-refractivity contribution is 7.90. The minimum atomic E-state index is -4.05. The van der Waals surface area contributed by atoms with E-state index in [1.807, 2.05) is 4.72 Å². The summed E-state index contributed by atoms with van der Waals surface area (Å²) in [6, 6.07) is 11.2. The van der Waals surface area contributed by atoms with E-state index in [0.717, 1.165) is 6.20 Å². The number of hydrogen-bond acceptors (Lipinski definition) is 8. The third kappa shape index (κ3) is 6.04. The van der Waals surface area contributed by atoms with Gasteiger partial charge in [-0.3, -0.25) is 4.79 Å². The number of sulfonamides is 1. The molecule has 0 fully saturated rings. The first kappa shape index (κ1) is 23.7. The van der Waals surface area contributed by atoms with Crippen LogP contribution < -0.4 is 20.1 Å². The molecule has 1 amide bonds. The lowest BCUT2D eigenvalue weighted by molar-refractivity contribution is -0.119. The van der Waals surface area contributed by atoms with Crippen LogP contribution in [-0.4, -0.2) is 24.3 Å². The number of ether oxygens (including phenoxy) is 1. The lowest BCUT2D eigenvalue weighted by Crippen LogP contribution is -2.30. The van der Waals surface area contributed by atoms with Crippen molar-refractivity contribution < 1.29 is 22.3 Å². The predicted octanol–water partition coefficient (Wildman–Crippen LogP) is 4.15. The lowest BCUT2D eigenvalue weighted by Gasteiger charge is -2.12. The Kier molecular flexibility index (Phi) is 7.23. The van der Waals surface area contributed by atoms with Crippen molar-refractivity contribution in [2.45, 2.75) is 25.2 Å². The number of nitrogens with zero attached hydrogens (tertiary/aromatic N) is 2. The molecule has 11 heteroatoms. The van der Waals surface area contributed by atoms with Crippen LogP contribution in [0.1, 0.15) is 18.9 Å². The highest BCUT2D eigenvalue weighted by Gasteiger charge is 2.20. The summed E-state index contributed by atoms with van der Waals surface area (Å²) in [5.74, 6) is -0.771. The van der Waals surface area contributed by atoms with Gasteiger partial charge in [0.25, 0.3) is 10.0 Å². The van der Waals surface area contributed by atoms with Gasteiger partial charge in [0.15, 0.2) is 11.6 Å². The molecule has 0 aliphatic carbocycles. The van der Waals surface area contributed by atoms with Gasteiger partial charge in [-0.15, -0.1) is 0 Å². The van der Waals surface area contributed by atoms with Crippen molar-refractivity contribution in [3.63, 3.8) is 0 Å². The van der Waals surface area contributed by atoms with Crippen LogP contribution in [-0.2, 0) is 14.8 Å². The van der Waals surface area contributed by atoms with E-state index in [-0.39, 0.29) is 23.1 Å². The Bertz CT molecular complexity index is 1280. The topological polar surface area (TPSA) is 122 Å². The molecule has 3 rings (SSSR count). The van der Waals surface area contributed by atoms with Crippen LogP contribution in [0.25, 0.3) is 0 Å². The van der Waals surface area contributed by atoms with Gasteiger partial charge >= 0.3 is 0 Å². The Labute approximate surface area is 190 Å². The van der Waals surface area contributed by atoms with Crippen molar-refractivity contribution in [1.29, 1.82) is 0 Å². The highest BCUT2D eigenvalue weighted by atomic mass is 32.2. The van der Waals surface area contributed by atoms with Crippen LogP contribution in [0.5, 0.6) is 5.75 Å². The van der Waals surface area contributed by atoms with Crippen molar-refractivity contribution in [3.05, 3.63) is 72.9 Å². The predicted molar refractivity (Wildman–Crippen MR) is 123 cm³/mol. The second-order valence-corrected chi connectivity index (χ2v) is 8.46. The molecular weight excluding hydrogens is 449 g/mol. The molecule has 3 aromatic rings. The maximum absolute atomic E-state index is 14.2. The van der Waals surface area contributed by atoms with E-state index in [1.54, 1.807) is 50.2 Å². The number of rotatable bonds is 9. The Morgan fingerprint density at radius 2 is 1.85 bits per heavy atom. The molecule has 2 aromatic carbocycles. The monoisotopic (exact) mass is 471 g/mol. The molecule has 1 aromatic heterocycles. The van der Waals surface area contributed by atoms with E-state index >= 15 is 0 Å². The molecule has 3 N–H and O–H groups in total. The molecule has 0 saturated carbocycles. The van der Waals surface area contributed by atoms with Gasteiger partial charge in [-0.2, -0.15) is 4.98 Å². The number of aromatic nitrogens is 2. The number of anilines is 4. The first-order chi connectivity index (χ1) is 15.7. The van der Waals surface area contributed by atoms with Gasteiger partial charge in [-0.1, -0.05) is 19.6 Å². The molecule has 0 aliphatic heterocycles. The SMILES string of the molecule is C=COc1ccc(Nc2nc(Nc3ccc(C)c(S(=O)(=O)NC(=O)CC)c3)ncc2F)cc1. The Morgan fingerprint density at radius 3 is 2.52 bits per heavy atom. The zero-order valence-electron chi connectivity index (χ0n) is 17.9. The van der Waals surface area contributed by atoms with E-state index in [2.05, 4.69) is 27.2 Å². The summed E-state index contributed by atoms with van der Waals surface area (Å²) in [6.45, 7) is 6.64. The van der Waals surface area contributed by atoms with E-state index in [9.17, 15) is 17.6 Å². The standard InChI is InChI=1S/C22H22FN5O4S/c1-4-20(29)28-33(30,31)19-12-16(7-6-14(19)3)26-22-24-13-18(23)21(27-22)25-15-8-10-17(11-9-15)32-5-2/h5-13H,2,4H2,1,3H3,(H,28,29)(H2,24,25,26,27). The molecule has 0 radical (unpaired) electrons. The van der Waals surface area contributed by atoms with Crippen molar-refractivity contribution in [2.75, 3.05) is 10.6 Å². The Balaban J connectivity index is 1.83. The lowest BCUT2D eigenvalue weighted by atomic mass is 10.2. The molecule has 0 aliphatic rings. The molecule has 0 unspecified atom stereocenters. The molecular formula is C22H22FN5O4S. The number of aryl methyl sites for hydroxylation is 1. The van der Waals surface area contributed by atoms with Gasteiger partial charge in [0.05, 0.1) is 17.4 Å². The number of carbonyl (C=O) groups excluding carboxylic acids is 1. The summed E-state index contributed by atoms with van der Waals surface area (Å²) in [5, 5.41) is 5.70. The normalized spacial score (nSPS) is 10.9. The van der Waals surface area contributed by atoms with Gasteiger partial charge in [0.2, 0.25) is 11.9 Å². The van der Waals surface area contributed by atoms with Crippen LogP contribution in [0, 0.1) is 12.7 Å². The third-order valence-electron chi connectivity index (χ3n) is 4.38. The number of nitrogens with one attached hydrogen (secondary N) is 3. The molecule has 0 atom stereocenters. The van der Waals surface area contributed by atoms with E-state index in [4.69, 9.17) is 4.74 Å². The van der Waals surface area contributed by atoms with Crippen LogP contribution in [0.2, 0.25) is 0 Å². The quantitative estimate of drug-likeness (QED) is 0.398. The number of halogens is 1. The van der Waals surface area contributed by atoms with Crippen LogP contribution in [0.3, 0.4) is 0 Å². The fraction of sp³-hybridized carbons (Fsp3) is 0.136. The summed E-state index contributed by atoms with van der Waals surface area (Å²) < 4.78 is 46.5. The second kappa shape index (κ2) is 10.1. The Morgan fingerprint density at radius 1 is 1.15 bits per heavy atom. The van der Waals surface area contributed by atoms with Gasteiger partial charge < -0.3 is 15.4 Å². The maximum Gasteiger partial charge on any atom is 0.264 e. The first-order valence-electron chi connectivity index (χ1n) is 9.82. The maximum atomic E-state index is 14.2. The van der Waals surface area contributed by atoms with E-state index in [1.165, 1.54) is 12.3 Å². The second-order valence-electron chi connectivity index (χ2n) is 6.81. The van der Waals surface area contributed by atoms with Crippen molar-refractivity contribution >= 4 is 39.1 Å². The average molecular weight is 472 g/mol. The van der Waals surface area contributed by atoms with Gasteiger partial charge in [-0.25, -0.2) is 22.5 Å². The van der Waals surface area contributed by atoms with Crippen molar-refractivity contribution in [3.8, 4) is 5.75 Å². The summed E-state index contributed by atoms with van der Waals surface area (Å²) in [6.07, 6.45) is 2.31. The van der Waals surface area contributed by atoms with Crippen molar-refractivity contribution in [1.82, 2.24) is 14.7 Å². The third-order valence-corrected chi connectivity index (χ3v) is 5.90. The zero-order valence-corrected chi connectivity index (χ0v) is 18.7. The number of amides is 1. The fourth-order valence-corrected chi connectivity index (χ4v) is 4.07. The molecule has 1 heterocycles. The Hall–Kier alpha value is -3.99. The number of benzene rings is 2. The summed E-state index contributed by atoms with van der Waals surface area (Å²) in [4.78, 5) is 19.5. The minimum absolute atomic E-state index is 0.0272. The molecule has 172 valence electrons. The average Bonchev–Trinajstić information content (AvgIpc) is 2.78. The van der Waals surface area contributed by atoms with Gasteiger partial charge in [-0.05, 0) is 48.9 Å². The zero-order chi connectivity index (χ0) is 24.0. The fourth-order valence-electron chi connectivity index (χ4n) is 2.74. The number of carbonyl (C=O) groups is 1. The highest BCUT2D eigenvalue weighted by Crippen LogP contribution is 2.25. The van der Waals surface area contributed by atoms with E-state index in [0.29, 0.717) is 22.7 Å². The van der Waals surface area contributed by atoms with Crippen LogP contribution >= 0.6 is 0 Å². The first-order valence-corrected chi connectivity index (χ1v) is 11.3. The van der Waals surface area contributed by atoms with Crippen LogP contribution in [0.4, 0.5) is 27.5 Å². The summed E-state index contributed by atoms with van der Waals surface area (Å²) in [5.41, 5.74) is 1.35. The number of hydrogen-bond donors (Lipinski definition) is 3. The van der Waals surface area contributed by atoms with E-state index < -0.39 is 21.7 Å². The molecule has 9 nitrogen and oxygen atoms in total. The smallest absolute Gasteiger partial charge is 0.264 e. The molecule has 0 spiro atoms.